The average molecular weight is 439 g/mol. The van der Waals surface area contributed by atoms with Crippen molar-refractivity contribution >= 4 is 5.96 Å². The van der Waals surface area contributed by atoms with Crippen LogP contribution in [0, 0.1) is 0 Å². The quantitative estimate of drug-likeness (QED) is 0.376. The number of methoxy groups -OCH3 is 1. The molecule has 0 saturated carbocycles. The van der Waals surface area contributed by atoms with Gasteiger partial charge in [0, 0.05) is 25.1 Å². The highest BCUT2D eigenvalue weighted by Crippen LogP contribution is 2.29. The number of rotatable bonds is 12. The van der Waals surface area contributed by atoms with Gasteiger partial charge in [0.25, 0.3) is 0 Å². The number of alkyl halides is 2. The molecule has 1 aromatic carbocycles. The summed E-state index contributed by atoms with van der Waals surface area (Å²) in [6, 6.07) is 6.96. The van der Waals surface area contributed by atoms with Crippen LogP contribution in [0.4, 0.5) is 8.78 Å². The highest BCUT2D eigenvalue weighted by molar-refractivity contribution is 5.79. The molecule has 0 unspecified atom stereocenters. The summed E-state index contributed by atoms with van der Waals surface area (Å²) >= 11 is 0. The molecule has 31 heavy (non-hydrogen) atoms. The number of nitrogens with zero attached hydrogens (tertiary/aromatic N) is 2. The van der Waals surface area contributed by atoms with Crippen LogP contribution in [0.3, 0.4) is 0 Å². The Morgan fingerprint density at radius 2 is 1.90 bits per heavy atom. The Morgan fingerprint density at radius 3 is 2.55 bits per heavy atom. The van der Waals surface area contributed by atoms with E-state index in [1.165, 1.54) is 7.11 Å². The molecule has 172 valence electrons. The van der Waals surface area contributed by atoms with Crippen LogP contribution in [0.1, 0.15) is 56.5 Å². The van der Waals surface area contributed by atoms with Crippen molar-refractivity contribution in [3.63, 3.8) is 0 Å². The predicted octanol–water partition coefficient (Wildman–Crippen LogP) is 4.49. The maximum atomic E-state index is 12.6. The first-order chi connectivity index (χ1) is 15.0. The molecule has 0 atom stereocenters. The number of benzene rings is 1. The molecule has 2 aromatic rings. The van der Waals surface area contributed by atoms with Crippen LogP contribution < -0.4 is 20.1 Å². The molecule has 1 heterocycles. The van der Waals surface area contributed by atoms with E-state index >= 15 is 0 Å². The molecule has 0 radical (unpaired) electrons. The first kappa shape index (κ1) is 24.4. The zero-order valence-electron chi connectivity index (χ0n) is 18.6. The van der Waals surface area contributed by atoms with Gasteiger partial charge in [-0.05, 0) is 43.9 Å². The first-order valence-corrected chi connectivity index (χ1v) is 10.6. The first-order valence-electron chi connectivity index (χ1n) is 10.6. The summed E-state index contributed by atoms with van der Waals surface area (Å²) in [5, 5.41) is 10.6. The maximum Gasteiger partial charge on any atom is 0.387 e. The predicted molar refractivity (Wildman–Crippen MR) is 116 cm³/mol. The van der Waals surface area contributed by atoms with Crippen molar-refractivity contribution < 1.29 is 22.8 Å². The number of nitrogens with one attached hydrogen (secondary N) is 2. The van der Waals surface area contributed by atoms with Crippen molar-refractivity contribution in [2.45, 2.75) is 59.1 Å². The minimum absolute atomic E-state index is 0.0224. The Hall–Kier alpha value is -2.84. The monoisotopic (exact) mass is 438 g/mol. The second-order valence-electron chi connectivity index (χ2n) is 6.97. The lowest BCUT2D eigenvalue weighted by Gasteiger charge is -2.13. The van der Waals surface area contributed by atoms with Crippen molar-refractivity contribution in [2.24, 2.45) is 4.99 Å². The van der Waals surface area contributed by atoms with Gasteiger partial charge in [0.05, 0.1) is 12.8 Å². The largest absolute Gasteiger partial charge is 0.493 e. The number of guanidine groups is 1. The Labute approximate surface area is 182 Å². The van der Waals surface area contributed by atoms with Crippen molar-refractivity contribution in [3.05, 3.63) is 41.3 Å². The van der Waals surface area contributed by atoms with E-state index in [4.69, 9.17) is 9.26 Å². The summed E-state index contributed by atoms with van der Waals surface area (Å²) in [5.74, 6) is 2.04. The summed E-state index contributed by atoms with van der Waals surface area (Å²) in [7, 11) is 1.41. The van der Waals surface area contributed by atoms with Crippen molar-refractivity contribution in [1.29, 1.82) is 0 Å². The second kappa shape index (κ2) is 12.8. The van der Waals surface area contributed by atoms with Gasteiger partial charge in [-0.2, -0.15) is 8.78 Å². The van der Waals surface area contributed by atoms with Gasteiger partial charge in [0.15, 0.2) is 23.2 Å². The second-order valence-corrected chi connectivity index (χ2v) is 6.97. The van der Waals surface area contributed by atoms with Gasteiger partial charge < -0.3 is 24.6 Å². The Bertz CT molecular complexity index is 823. The van der Waals surface area contributed by atoms with E-state index in [0.717, 1.165) is 24.1 Å². The topological polar surface area (TPSA) is 80.9 Å². The normalized spacial score (nSPS) is 11.8. The third kappa shape index (κ3) is 7.73. The standard InChI is InChI=1S/C22H32F2N4O3/c1-5-16(6-2)18-13-17(31-28-18)14-27-22(25-7-3)26-11-10-15-8-9-19(29-4)20(12-15)30-21(23)24/h8-9,12-13,16,21H,5-7,10-11,14H2,1-4H3,(H2,25,26,27). The maximum absolute atomic E-state index is 12.6. The van der Waals surface area contributed by atoms with Crippen LogP contribution in [-0.4, -0.2) is 37.9 Å². The summed E-state index contributed by atoms with van der Waals surface area (Å²) in [6.45, 7) is 4.98. The zero-order valence-corrected chi connectivity index (χ0v) is 18.6. The van der Waals surface area contributed by atoms with Crippen LogP contribution in [0.2, 0.25) is 0 Å². The fourth-order valence-electron chi connectivity index (χ4n) is 3.19. The molecular formula is C22H32F2N4O3. The number of aliphatic imine (C=N–C) groups is 1. The van der Waals surface area contributed by atoms with E-state index in [9.17, 15) is 8.78 Å². The minimum Gasteiger partial charge on any atom is -0.493 e. The SMILES string of the molecule is CCNC(=NCc1cc(C(CC)CC)no1)NCCc1ccc(OC)c(OC(F)F)c1. The Morgan fingerprint density at radius 1 is 1.13 bits per heavy atom. The molecule has 0 aliphatic rings. The Balaban J connectivity index is 1.95. The van der Waals surface area contributed by atoms with Crippen molar-refractivity contribution in [2.75, 3.05) is 20.2 Å². The number of aromatic nitrogens is 1. The summed E-state index contributed by atoms with van der Waals surface area (Å²) < 4.78 is 40.2. The number of hydrogen-bond acceptors (Lipinski definition) is 5. The fourth-order valence-corrected chi connectivity index (χ4v) is 3.19. The summed E-state index contributed by atoms with van der Waals surface area (Å²) in [4.78, 5) is 4.54. The summed E-state index contributed by atoms with van der Waals surface area (Å²) in [6.07, 6.45) is 2.63. The third-order valence-corrected chi connectivity index (χ3v) is 4.87. The average Bonchev–Trinajstić information content (AvgIpc) is 3.21. The molecular weight excluding hydrogens is 406 g/mol. The van der Waals surface area contributed by atoms with Crippen LogP contribution in [0.15, 0.2) is 33.8 Å². The molecule has 2 rings (SSSR count). The molecule has 7 nitrogen and oxygen atoms in total. The van der Waals surface area contributed by atoms with E-state index < -0.39 is 6.61 Å². The van der Waals surface area contributed by atoms with Gasteiger partial charge >= 0.3 is 6.61 Å². The van der Waals surface area contributed by atoms with E-state index in [1.54, 1.807) is 12.1 Å². The molecule has 0 saturated heterocycles. The zero-order chi connectivity index (χ0) is 22.6. The molecule has 0 aliphatic carbocycles. The smallest absolute Gasteiger partial charge is 0.387 e. The van der Waals surface area contributed by atoms with Crippen molar-refractivity contribution in [1.82, 2.24) is 15.8 Å². The van der Waals surface area contributed by atoms with Gasteiger partial charge in [-0.3, -0.25) is 0 Å². The lowest BCUT2D eigenvalue weighted by Crippen LogP contribution is -2.38. The van der Waals surface area contributed by atoms with E-state index in [-0.39, 0.29) is 11.5 Å². The molecule has 9 heteroatoms. The van der Waals surface area contributed by atoms with Gasteiger partial charge in [0.2, 0.25) is 0 Å². The highest BCUT2D eigenvalue weighted by Gasteiger charge is 2.13. The fraction of sp³-hybridized carbons (Fsp3) is 0.545. The molecule has 0 fully saturated rings. The minimum atomic E-state index is -2.91. The van der Waals surface area contributed by atoms with Gasteiger partial charge in [-0.1, -0.05) is 25.1 Å². The number of ether oxygens (including phenoxy) is 2. The highest BCUT2D eigenvalue weighted by atomic mass is 19.3. The van der Waals surface area contributed by atoms with E-state index in [0.29, 0.717) is 43.7 Å². The lowest BCUT2D eigenvalue weighted by atomic mass is 9.99. The molecule has 2 N–H and O–H groups in total. The number of hydrogen-bond donors (Lipinski definition) is 2. The van der Waals surface area contributed by atoms with Crippen molar-refractivity contribution in [3.8, 4) is 11.5 Å². The molecule has 0 amide bonds. The van der Waals surface area contributed by atoms with Crippen LogP contribution >= 0.6 is 0 Å². The van der Waals surface area contributed by atoms with E-state index in [2.05, 4.69) is 39.4 Å². The van der Waals surface area contributed by atoms with Gasteiger partial charge in [-0.25, -0.2) is 4.99 Å². The lowest BCUT2D eigenvalue weighted by molar-refractivity contribution is -0.0512. The van der Waals surface area contributed by atoms with Crippen LogP contribution in [0.5, 0.6) is 11.5 Å². The molecule has 0 bridgehead atoms. The molecule has 0 spiro atoms. The van der Waals surface area contributed by atoms with E-state index in [1.807, 2.05) is 19.1 Å². The van der Waals surface area contributed by atoms with Crippen LogP contribution in [-0.2, 0) is 13.0 Å². The van der Waals surface area contributed by atoms with Crippen LogP contribution in [0.25, 0.3) is 0 Å². The molecule has 0 aliphatic heterocycles. The number of halogens is 2. The molecule has 1 aromatic heterocycles. The van der Waals surface area contributed by atoms with Gasteiger partial charge in [-0.15, -0.1) is 0 Å². The Kier molecular flexibility index (Phi) is 10.1. The third-order valence-electron chi connectivity index (χ3n) is 4.87. The summed E-state index contributed by atoms with van der Waals surface area (Å²) in [5.41, 5.74) is 1.80. The van der Waals surface area contributed by atoms with Gasteiger partial charge in [0.1, 0.15) is 6.54 Å².